The van der Waals surface area contributed by atoms with Crippen molar-refractivity contribution >= 4 is 15.9 Å². The normalized spacial score (nSPS) is 26.4. The molecule has 0 amide bonds. The number of nitrogens with zero attached hydrogens (tertiary/aromatic N) is 3. The lowest BCUT2D eigenvalue weighted by molar-refractivity contribution is 0.123. The Kier molecular flexibility index (Phi) is 4.22. The summed E-state index contributed by atoms with van der Waals surface area (Å²) in [7, 11) is 1.99. The molecule has 2 N–H and O–H groups in total. The van der Waals surface area contributed by atoms with Crippen LogP contribution < -0.4 is 5.73 Å². The van der Waals surface area contributed by atoms with Crippen molar-refractivity contribution < 1.29 is 0 Å². The van der Waals surface area contributed by atoms with Crippen molar-refractivity contribution in [1.29, 1.82) is 0 Å². The van der Waals surface area contributed by atoms with Gasteiger partial charge in [0.25, 0.3) is 0 Å². The fraction of sp³-hybridized carbons (Fsp3) is 0.750. The molecule has 0 radical (unpaired) electrons. The second kappa shape index (κ2) is 5.50. The molecule has 2 unspecified atom stereocenters. The van der Waals surface area contributed by atoms with E-state index in [0.717, 1.165) is 36.6 Å². The molecule has 2 heterocycles. The van der Waals surface area contributed by atoms with Crippen LogP contribution in [0.4, 0.5) is 0 Å². The molecule has 0 spiro atoms. The Hall–Kier alpha value is -0.390. The van der Waals surface area contributed by atoms with Gasteiger partial charge in [-0.2, -0.15) is 5.10 Å². The number of piperidine rings is 1. The third-order valence-electron chi connectivity index (χ3n) is 3.88. The lowest BCUT2D eigenvalue weighted by Gasteiger charge is -2.36. The smallest absolute Gasteiger partial charge is 0.0663 e. The molecule has 4 nitrogen and oxygen atoms in total. The van der Waals surface area contributed by atoms with Crippen molar-refractivity contribution in [3.63, 3.8) is 0 Å². The Morgan fingerprint density at radius 2 is 2.35 bits per heavy atom. The largest absolute Gasteiger partial charge is 0.330 e. The Balaban J connectivity index is 2.00. The summed E-state index contributed by atoms with van der Waals surface area (Å²) in [6, 6.07) is 0. The Labute approximate surface area is 111 Å². The standard InChI is InChI=1S/C12H21BrN4/c1-9-3-4-17(7-10(9)5-14)8-12-11(13)6-15-16(12)2/h6,9-10H,3-5,7-8,14H2,1-2H3. The topological polar surface area (TPSA) is 47.1 Å². The van der Waals surface area contributed by atoms with Gasteiger partial charge in [0.1, 0.15) is 0 Å². The van der Waals surface area contributed by atoms with Crippen LogP contribution in [0.5, 0.6) is 0 Å². The van der Waals surface area contributed by atoms with Crippen LogP contribution >= 0.6 is 15.9 Å². The SMILES string of the molecule is CC1CCN(Cc2c(Br)cnn2C)CC1CN. The summed E-state index contributed by atoms with van der Waals surface area (Å²) in [4.78, 5) is 2.49. The van der Waals surface area contributed by atoms with E-state index in [-0.39, 0.29) is 0 Å². The molecule has 17 heavy (non-hydrogen) atoms. The first-order valence-corrected chi connectivity index (χ1v) is 7.00. The van der Waals surface area contributed by atoms with Crippen LogP contribution in [0.15, 0.2) is 10.7 Å². The van der Waals surface area contributed by atoms with E-state index >= 15 is 0 Å². The minimum Gasteiger partial charge on any atom is -0.330 e. The van der Waals surface area contributed by atoms with E-state index < -0.39 is 0 Å². The molecule has 1 aliphatic heterocycles. The van der Waals surface area contributed by atoms with Crippen molar-refractivity contribution in [3.8, 4) is 0 Å². The van der Waals surface area contributed by atoms with E-state index in [4.69, 9.17) is 5.73 Å². The predicted molar refractivity (Wildman–Crippen MR) is 72.5 cm³/mol. The summed E-state index contributed by atoms with van der Waals surface area (Å²) < 4.78 is 3.04. The highest BCUT2D eigenvalue weighted by atomic mass is 79.9. The number of likely N-dealkylation sites (tertiary alicyclic amines) is 1. The highest BCUT2D eigenvalue weighted by Gasteiger charge is 2.25. The van der Waals surface area contributed by atoms with Crippen LogP contribution in [0, 0.1) is 11.8 Å². The van der Waals surface area contributed by atoms with Gasteiger partial charge in [-0.15, -0.1) is 0 Å². The van der Waals surface area contributed by atoms with Gasteiger partial charge in [0, 0.05) is 20.1 Å². The van der Waals surface area contributed by atoms with Crippen molar-refractivity contribution in [2.45, 2.75) is 19.9 Å². The minimum absolute atomic E-state index is 0.635. The van der Waals surface area contributed by atoms with Gasteiger partial charge in [0.15, 0.2) is 0 Å². The first kappa shape index (κ1) is 13.1. The molecule has 1 fully saturated rings. The van der Waals surface area contributed by atoms with Gasteiger partial charge in [0.05, 0.1) is 16.4 Å². The molecule has 1 aliphatic rings. The van der Waals surface area contributed by atoms with Crippen LogP contribution in [0.3, 0.4) is 0 Å². The highest BCUT2D eigenvalue weighted by Crippen LogP contribution is 2.25. The molecule has 2 atom stereocenters. The molecule has 0 saturated carbocycles. The van der Waals surface area contributed by atoms with Crippen molar-refractivity contribution in [1.82, 2.24) is 14.7 Å². The molecule has 0 aliphatic carbocycles. The monoisotopic (exact) mass is 300 g/mol. The maximum atomic E-state index is 5.84. The average molecular weight is 301 g/mol. The van der Waals surface area contributed by atoms with Crippen LogP contribution in [-0.4, -0.2) is 34.3 Å². The van der Waals surface area contributed by atoms with Gasteiger partial charge in [-0.1, -0.05) is 6.92 Å². The summed E-state index contributed by atoms with van der Waals surface area (Å²) in [5.41, 5.74) is 7.08. The Morgan fingerprint density at radius 3 is 2.94 bits per heavy atom. The van der Waals surface area contributed by atoms with Crippen LogP contribution in [0.1, 0.15) is 19.0 Å². The van der Waals surface area contributed by atoms with E-state index in [9.17, 15) is 0 Å². The molecule has 1 aromatic rings. The molecular formula is C12H21BrN4. The van der Waals surface area contributed by atoms with Gasteiger partial charge < -0.3 is 5.73 Å². The number of aryl methyl sites for hydroxylation is 1. The molecule has 0 aromatic carbocycles. The maximum absolute atomic E-state index is 5.84. The lowest BCUT2D eigenvalue weighted by atomic mass is 9.87. The first-order valence-electron chi connectivity index (χ1n) is 6.20. The number of nitrogens with two attached hydrogens (primary N) is 1. The van der Waals surface area contributed by atoms with Gasteiger partial charge in [-0.25, -0.2) is 0 Å². The van der Waals surface area contributed by atoms with E-state index in [0.29, 0.717) is 5.92 Å². The zero-order valence-electron chi connectivity index (χ0n) is 10.6. The Bertz CT molecular complexity index is 357. The van der Waals surface area contributed by atoms with Crippen LogP contribution in [-0.2, 0) is 13.6 Å². The predicted octanol–water partition coefficient (Wildman–Crippen LogP) is 1.60. The van der Waals surface area contributed by atoms with E-state index in [1.807, 2.05) is 17.9 Å². The fourth-order valence-corrected chi connectivity index (χ4v) is 2.97. The molecule has 5 heteroatoms. The summed E-state index contributed by atoms with van der Waals surface area (Å²) in [5.74, 6) is 1.39. The minimum atomic E-state index is 0.635. The summed E-state index contributed by atoms with van der Waals surface area (Å²) in [6.07, 6.45) is 3.11. The third-order valence-corrected chi connectivity index (χ3v) is 4.55. The van der Waals surface area contributed by atoms with Crippen molar-refractivity contribution in [2.24, 2.45) is 24.6 Å². The zero-order valence-corrected chi connectivity index (χ0v) is 12.2. The quantitative estimate of drug-likeness (QED) is 0.922. The average Bonchev–Trinajstić information content (AvgIpc) is 2.63. The second-order valence-electron chi connectivity index (χ2n) is 5.06. The number of aromatic nitrogens is 2. The molecular weight excluding hydrogens is 280 g/mol. The highest BCUT2D eigenvalue weighted by molar-refractivity contribution is 9.10. The van der Waals surface area contributed by atoms with Crippen LogP contribution in [0.25, 0.3) is 0 Å². The number of hydrogen-bond donors (Lipinski definition) is 1. The molecule has 1 saturated heterocycles. The van der Waals surface area contributed by atoms with Crippen molar-refractivity contribution in [2.75, 3.05) is 19.6 Å². The zero-order chi connectivity index (χ0) is 12.4. The first-order chi connectivity index (χ1) is 8.11. The fourth-order valence-electron chi connectivity index (χ4n) is 2.50. The molecule has 2 rings (SSSR count). The van der Waals surface area contributed by atoms with Crippen molar-refractivity contribution in [3.05, 3.63) is 16.4 Å². The number of halogens is 1. The summed E-state index contributed by atoms with van der Waals surface area (Å²) in [6.45, 7) is 6.34. The molecule has 0 bridgehead atoms. The van der Waals surface area contributed by atoms with Gasteiger partial charge in [-0.05, 0) is 47.3 Å². The van der Waals surface area contributed by atoms with E-state index in [1.165, 1.54) is 12.1 Å². The summed E-state index contributed by atoms with van der Waals surface area (Å²) in [5, 5.41) is 4.25. The molecule has 96 valence electrons. The van der Waals surface area contributed by atoms with E-state index in [2.05, 4.69) is 32.9 Å². The van der Waals surface area contributed by atoms with Gasteiger partial charge in [0.2, 0.25) is 0 Å². The van der Waals surface area contributed by atoms with Gasteiger partial charge in [-0.3, -0.25) is 9.58 Å². The maximum Gasteiger partial charge on any atom is 0.0663 e. The van der Waals surface area contributed by atoms with Gasteiger partial charge >= 0.3 is 0 Å². The Morgan fingerprint density at radius 1 is 1.59 bits per heavy atom. The van der Waals surface area contributed by atoms with Crippen LogP contribution in [0.2, 0.25) is 0 Å². The lowest BCUT2D eigenvalue weighted by Crippen LogP contribution is -2.42. The van der Waals surface area contributed by atoms with E-state index in [1.54, 1.807) is 0 Å². The second-order valence-corrected chi connectivity index (χ2v) is 5.91. The summed E-state index contributed by atoms with van der Waals surface area (Å²) >= 11 is 3.55. The molecule has 1 aromatic heterocycles. The number of rotatable bonds is 3. The number of hydrogen-bond acceptors (Lipinski definition) is 3. The third kappa shape index (κ3) is 2.89.